The first-order valence-corrected chi connectivity index (χ1v) is 7.35. The number of aliphatic hydroxyl groups excluding tert-OH is 1. The molecule has 0 saturated carbocycles. The maximum Gasteiger partial charge on any atom is 0.0900 e. The molecule has 3 N–H and O–H groups in total. The van der Waals surface area contributed by atoms with Gasteiger partial charge in [-0.25, -0.2) is 0 Å². The second-order valence-corrected chi connectivity index (χ2v) is 5.28. The van der Waals surface area contributed by atoms with Gasteiger partial charge in [-0.3, -0.25) is 0 Å². The minimum atomic E-state index is -0.402. The quantitative estimate of drug-likeness (QED) is 0.644. The molecule has 4 nitrogen and oxygen atoms in total. The number of piperidine rings is 1. The zero-order chi connectivity index (χ0) is 13.9. The number of nitrogens with two attached hydrogens (primary N) is 1. The van der Waals surface area contributed by atoms with Crippen molar-refractivity contribution in [2.24, 2.45) is 5.73 Å². The van der Waals surface area contributed by atoms with Crippen LogP contribution in [0.5, 0.6) is 0 Å². The Morgan fingerprint density at radius 2 is 2.00 bits per heavy atom. The molecule has 0 spiro atoms. The van der Waals surface area contributed by atoms with Gasteiger partial charge in [0.15, 0.2) is 0 Å². The highest BCUT2D eigenvalue weighted by atomic mass is 16.5. The van der Waals surface area contributed by atoms with Crippen LogP contribution in [0.25, 0.3) is 0 Å². The molecule has 0 aromatic heterocycles. The summed E-state index contributed by atoms with van der Waals surface area (Å²) in [6.07, 6.45) is 5.08. The normalized spacial score (nSPS) is 19.5. The van der Waals surface area contributed by atoms with Crippen LogP contribution in [0, 0.1) is 11.8 Å². The molecule has 2 unspecified atom stereocenters. The summed E-state index contributed by atoms with van der Waals surface area (Å²) in [5.41, 5.74) is 5.90. The summed E-state index contributed by atoms with van der Waals surface area (Å²) in [5, 5.41) is 9.90. The van der Waals surface area contributed by atoms with Crippen molar-refractivity contribution >= 4 is 0 Å². The molecular weight excluding hydrogens is 240 g/mol. The van der Waals surface area contributed by atoms with E-state index in [9.17, 15) is 5.11 Å². The zero-order valence-electron chi connectivity index (χ0n) is 12.1. The van der Waals surface area contributed by atoms with E-state index in [1.54, 1.807) is 0 Å². The average molecular weight is 268 g/mol. The molecule has 110 valence electrons. The van der Waals surface area contributed by atoms with E-state index in [0.29, 0.717) is 13.2 Å². The standard InChI is InChI=1S/C15H28N2O2/c1-2-3-5-8-14(16)12-19-13-15(18)11-17-9-6-4-7-10-17/h14-15,18H,4-13,16H2,1H3. The van der Waals surface area contributed by atoms with Gasteiger partial charge in [-0.1, -0.05) is 6.42 Å². The van der Waals surface area contributed by atoms with Crippen molar-refractivity contribution in [3.63, 3.8) is 0 Å². The van der Waals surface area contributed by atoms with Gasteiger partial charge in [-0.15, -0.1) is 11.8 Å². The molecule has 1 aliphatic heterocycles. The van der Waals surface area contributed by atoms with E-state index in [4.69, 9.17) is 10.5 Å². The number of hydrogen-bond donors (Lipinski definition) is 2. The second kappa shape index (κ2) is 10.2. The van der Waals surface area contributed by atoms with Crippen LogP contribution in [0.2, 0.25) is 0 Å². The molecule has 0 amide bonds. The minimum Gasteiger partial charge on any atom is -0.389 e. The van der Waals surface area contributed by atoms with Crippen LogP contribution in [0.4, 0.5) is 0 Å². The molecule has 1 fully saturated rings. The van der Waals surface area contributed by atoms with Gasteiger partial charge in [0, 0.05) is 19.0 Å². The van der Waals surface area contributed by atoms with Crippen molar-refractivity contribution in [3.8, 4) is 11.8 Å². The van der Waals surface area contributed by atoms with Crippen molar-refractivity contribution in [1.82, 2.24) is 4.90 Å². The Bertz CT molecular complexity index is 280. The van der Waals surface area contributed by atoms with Crippen molar-refractivity contribution in [2.45, 2.75) is 51.2 Å². The van der Waals surface area contributed by atoms with Crippen molar-refractivity contribution < 1.29 is 9.84 Å². The van der Waals surface area contributed by atoms with E-state index < -0.39 is 6.10 Å². The van der Waals surface area contributed by atoms with Gasteiger partial charge in [0.2, 0.25) is 0 Å². The Labute approximate surface area is 117 Å². The summed E-state index contributed by atoms with van der Waals surface area (Å²) in [7, 11) is 0. The number of hydrogen-bond acceptors (Lipinski definition) is 4. The first-order chi connectivity index (χ1) is 9.22. The number of rotatable bonds is 8. The number of likely N-dealkylation sites (tertiary alicyclic amines) is 1. The van der Waals surface area contributed by atoms with E-state index in [0.717, 1.165) is 32.5 Å². The maximum absolute atomic E-state index is 9.90. The van der Waals surface area contributed by atoms with Crippen molar-refractivity contribution in [1.29, 1.82) is 0 Å². The summed E-state index contributed by atoms with van der Waals surface area (Å²) in [4.78, 5) is 2.31. The summed E-state index contributed by atoms with van der Waals surface area (Å²) in [6, 6.07) is 0.0167. The lowest BCUT2D eigenvalue weighted by atomic mass is 10.1. The summed E-state index contributed by atoms with van der Waals surface area (Å²) >= 11 is 0. The molecule has 2 atom stereocenters. The van der Waals surface area contributed by atoms with Gasteiger partial charge in [0.25, 0.3) is 0 Å². The first-order valence-electron chi connectivity index (χ1n) is 7.35. The molecule has 0 bridgehead atoms. The smallest absolute Gasteiger partial charge is 0.0900 e. The highest BCUT2D eigenvalue weighted by molar-refractivity contribution is 4.95. The Morgan fingerprint density at radius 1 is 1.26 bits per heavy atom. The third kappa shape index (κ3) is 8.22. The van der Waals surface area contributed by atoms with Crippen LogP contribution in [0.1, 0.15) is 39.0 Å². The lowest BCUT2D eigenvalue weighted by Crippen LogP contribution is -2.38. The van der Waals surface area contributed by atoms with Gasteiger partial charge >= 0.3 is 0 Å². The third-order valence-electron chi connectivity index (χ3n) is 3.38. The predicted molar refractivity (Wildman–Crippen MR) is 77.8 cm³/mol. The molecule has 1 rings (SSSR count). The van der Waals surface area contributed by atoms with Crippen LogP contribution in [0.15, 0.2) is 0 Å². The van der Waals surface area contributed by atoms with Crippen LogP contribution in [0.3, 0.4) is 0 Å². The van der Waals surface area contributed by atoms with E-state index in [2.05, 4.69) is 16.7 Å². The molecule has 1 heterocycles. The zero-order valence-corrected chi connectivity index (χ0v) is 12.1. The van der Waals surface area contributed by atoms with Gasteiger partial charge in [-0.2, -0.15) is 0 Å². The molecular formula is C15H28N2O2. The first kappa shape index (κ1) is 16.5. The molecule has 0 radical (unpaired) electrons. The highest BCUT2D eigenvalue weighted by Gasteiger charge is 2.14. The monoisotopic (exact) mass is 268 g/mol. The van der Waals surface area contributed by atoms with Crippen LogP contribution in [-0.2, 0) is 4.74 Å². The summed E-state index contributed by atoms with van der Waals surface area (Å²) in [6.45, 7) is 5.64. The van der Waals surface area contributed by atoms with E-state index >= 15 is 0 Å². The molecule has 4 heteroatoms. The van der Waals surface area contributed by atoms with Gasteiger partial charge in [0.05, 0.1) is 19.3 Å². The predicted octanol–water partition coefficient (Wildman–Crippen LogP) is 0.981. The lowest BCUT2D eigenvalue weighted by Gasteiger charge is -2.28. The van der Waals surface area contributed by atoms with Gasteiger partial charge < -0.3 is 20.5 Å². The number of β-amino-alcohol motifs (C(OH)–C–C–N with tert-alkyl or cyclic N) is 1. The lowest BCUT2D eigenvalue weighted by molar-refractivity contribution is 0.00917. The summed E-state index contributed by atoms with van der Waals surface area (Å²) in [5.74, 6) is 5.84. The average Bonchev–Trinajstić information content (AvgIpc) is 2.40. The third-order valence-corrected chi connectivity index (χ3v) is 3.38. The fourth-order valence-corrected chi connectivity index (χ4v) is 2.31. The van der Waals surface area contributed by atoms with Crippen LogP contribution >= 0.6 is 0 Å². The second-order valence-electron chi connectivity index (χ2n) is 5.28. The molecule has 0 aliphatic carbocycles. The highest BCUT2D eigenvalue weighted by Crippen LogP contribution is 2.09. The fourth-order valence-electron chi connectivity index (χ4n) is 2.31. The number of nitrogens with zero attached hydrogens (tertiary/aromatic N) is 1. The maximum atomic E-state index is 9.90. The fraction of sp³-hybridized carbons (Fsp3) is 0.867. The van der Waals surface area contributed by atoms with Crippen molar-refractivity contribution in [3.05, 3.63) is 0 Å². The van der Waals surface area contributed by atoms with Crippen LogP contribution in [-0.4, -0.2) is 55.0 Å². The molecule has 0 aromatic carbocycles. The molecule has 1 aliphatic rings. The topological polar surface area (TPSA) is 58.7 Å². The van der Waals surface area contributed by atoms with Gasteiger partial charge in [-0.05, 0) is 39.3 Å². The summed E-state index contributed by atoms with van der Waals surface area (Å²) < 4.78 is 5.48. The number of aliphatic hydroxyl groups is 1. The molecule has 0 aromatic rings. The Morgan fingerprint density at radius 3 is 2.68 bits per heavy atom. The molecule has 1 saturated heterocycles. The van der Waals surface area contributed by atoms with E-state index in [1.165, 1.54) is 19.3 Å². The minimum absolute atomic E-state index is 0.0167. The van der Waals surface area contributed by atoms with E-state index in [-0.39, 0.29) is 6.04 Å². The van der Waals surface area contributed by atoms with Crippen LogP contribution < -0.4 is 5.73 Å². The SMILES string of the molecule is CC#CCCC(N)COCC(O)CN1CCCCC1. The molecule has 19 heavy (non-hydrogen) atoms. The van der Waals surface area contributed by atoms with Crippen molar-refractivity contribution in [2.75, 3.05) is 32.8 Å². The Kier molecular flexibility index (Phi) is 8.85. The largest absolute Gasteiger partial charge is 0.389 e. The van der Waals surface area contributed by atoms with E-state index in [1.807, 2.05) is 6.92 Å². The van der Waals surface area contributed by atoms with Gasteiger partial charge in [0.1, 0.15) is 0 Å². The number of ether oxygens (including phenoxy) is 1. The Hall–Kier alpha value is -0.600. The Balaban J connectivity index is 2.02.